The number of hydrogen-bond acceptors (Lipinski definition) is 3. The molecule has 20 heavy (non-hydrogen) atoms. The number of anilines is 2. The van der Waals surface area contributed by atoms with Crippen molar-refractivity contribution in [2.45, 2.75) is 44.6 Å². The Labute approximate surface area is 119 Å². The lowest BCUT2D eigenvalue weighted by atomic mass is 9.98. The minimum absolute atomic E-state index is 0.0997. The first-order valence-electron chi connectivity index (χ1n) is 7.55. The van der Waals surface area contributed by atoms with E-state index in [0.29, 0.717) is 6.42 Å². The Kier molecular flexibility index (Phi) is 3.92. The molecule has 0 spiro atoms. The third kappa shape index (κ3) is 2.66. The molecule has 1 unspecified atom stereocenters. The molecule has 0 bridgehead atoms. The number of hydrogen-bond donors (Lipinski definition) is 1. The van der Waals surface area contributed by atoms with Crippen molar-refractivity contribution in [1.82, 2.24) is 0 Å². The van der Waals surface area contributed by atoms with Crippen molar-refractivity contribution in [3.63, 3.8) is 0 Å². The summed E-state index contributed by atoms with van der Waals surface area (Å²) in [5.74, 6) is 0.170. The number of nitrogens with two attached hydrogens (primary N) is 1. The maximum Gasteiger partial charge on any atom is 0.229 e. The number of nitrogens with zero attached hydrogens (tertiary/aromatic N) is 1. The smallest absolute Gasteiger partial charge is 0.229 e. The summed E-state index contributed by atoms with van der Waals surface area (Å²) < 4.78 is 5.68. The van der Waals surface area contributed by atoms with Crippen molar-refractivity contribution >= 4 is 17.3 Å². The van der Waals surface area contributed by atoms with Crippen LogP contribution in [0.15, 0.2) is 18.2 Å². The first kappa shape index (κ1) is 13.4. The van der Waals surface area contributed by atoms with Crippen LogP contribution in [0, 0.1) is 0 Å². The van der Waals surface area contributed by atoms with E-state index in [1.54, 1.807) is 0 Å². The van der Waals surface area contributed by atoms with E-state index in [1.165, 1.54) is 6.42 Å². The van der Waals surface area contributed by atoms with Crippen molar-refractivity contribution in [2.75, 3.05) is 23.8 Å². The van der Waals surface area contributed by atoms with E-state index in [9.17, 15) is 4.79 Å². The van der Waals surface area contributed by atoms with E-state index in [4.69, 9.17) is 10.5 Å². The predicted molar refractivity (Wildman–Crippen MR) is 79.7 cm³/mol. The van der Waals surface area contributed by atoms with Gasteiger partial charge in [-0.3, -0.25) is 4.79 Å². The van der Waals surface area contributed by atoms with Crippen LogP contribution in [0.1, 0.15) is 37.7 Å². The fourth-order valence-corrected chi connectivity index (χ4v) is 3.18. The van der Waals surface area contributed by atoms with Crippen molar-refractivity contribution in [3.05, 3.63) is 23.8 Å². The molecule has 1 atom stereocenters. The summed E-state index contributed by atoms with van der Waals surface area (Å²) in [6.45, 7) is 1.59. The number of amides is 1. The highest BCUT2D eigenvalue weighted by molar-refractivity contribution is 5.95. The zero-order valence-electron chi connectivity index (χ0n) is 11.8. The monoisotopic (exact) mass is 274 g/mol. The van der Waals surface area contributed by atoms with Crippen LogP contribution in [0.4, 0.5) is 11.4 Å². The van der Waals surface area contributed by atoms with E-state index in [-0.39, 0.29) is 12.0 Å². The second-order valence-electron chi connectivity index (χ2n) is 5.69. The molecule has 1 aromatic carbocycles. The number of nitrogen functional groups attached to an aromatic ring is 1. The van der Waals surface area contributed by atoms with Gasteiger partial charge in [-0.05, 0) is 49.8 Å². The number of benzene rings is 1. The average molecular weight is 274 g/mol. The van der Waals surface area contributed by atoms with Crippen molar-refractivity contribution in [3.8, 4) is 0 Å². The highest BCUT2D eigenvalue weighted by Crippen LogP contribution is 2.32. The maximum atomic E-state index is 12.5. The molecule has 0 saturated carbocycles. The lowest BCUT2D eigenvalue weighted by Gasteiger charge is -2.32. The number of carbonyl (C=O) groups excluding carboxylic acids is 1. The van der Waals surface area contributed by atoms with Crippen LogP contribution in [0.3, 0.4) is 0 Å². The van der Waals surface area contributed by atoms with Crippen LogP contribution in [0.5, 0.6) is 0 Å². The van der Waals surface area contributed by atoms with Gasteiger partial charge in [0.1, 0.15) is 0 Å². The summed E-state index contributed by atoms with van der Waals surface area (Å²) in [6, 6.07) is 5.85. The Bertz CT molecular complexity index is 495. The second-order valence-corrected chi connectivity index (χ2v) is 5.69. The molecule has 2 heterocycles. The van der Waals surface area contributed by atoms with Crippen molar-refractivity contribution in [1.29, 1.82) is 0 Å². The van der Waals surface area contributed by atoms with Gasteiger partial charge >= 0.3 is 0 Å². The highest BCUT2D eigenvalue weighted by atomic mass is 16.5. The molecule has 3 rings (SSSR count). The molecular formula is C16H22N2O2. The van der Waals surface area contributed by atoms with Gasteiger partial charge in [0.25, 0.3) is 0 Å². The fourth-order valence-electron chi connectivity index (χ4n) is 3.18. The van der Waals surface area contributed by atoms with Crippen LogP contribution in [-0.2, 0) is 16.0 Å². The lowest BCUT2D eigenvalue weighted by Crippen LogP contribution is -2.38. The van der Waals surface area contributed by atoms with Crippen molar-refractivity contribution < 1.29 is 9.53 Å². The van der Waals surface area contributed by atoms with Gasteiger partial charge in [0, 0.05) is 24.5 Å². The molecule has 2 N–H and O–H groups in total. The third-order valence-electron chi connectivity index (χ3n) is 4.26. The van der Waals surface area contributed by atoms with Crippen LogP contribution in [-0.4, -0.2) is 25.2 Å². The minimum atomic E-state index is 0.0997. The SMILES string of the molecule is Nc1cccc2c1CCCN2C(=O)CC1CCCCO1. The molecule has 0 aromatic heterocycles. The quantitative estimate of drug-likeness (QED) is 0.843. The van der Waals surface area contributed by atoms with Gasteiger partial charge in [-0.15, -0.1) is 0 Å². The molecule has 2 aliphatic rings. The van der Waals surface area contributed by atoms with Crippen LogP contribution in [0.25, 0.3) is 0 Å². The Morgan fingerprint density at radius 3 is 3.05 bits per heavy atom. The molecule has 4 heteroatoms. The summed E-state index contributed by atoms with van der Waals surface area (Å²) in [4.78, 5) is 14.4. The van der Waals surface area contributed by atoms with Gasteiger partial charge in [0.05, 0.1) is 12.5 Å². The number of fused-ring (bicyclic) bond motifs is 1. The van der Waals surface area contributed by atoms with Crippen LogP contribution in [0.2, 0.25) is 0 Å². The molecule has 0 aliphatic carbocycles. The van der Waals surface area contributed by atoms with E-state index in [0.717, 1.165) is 55.8 Å². The third-order valence-corrected chi connectivity index (χ3v) is 4.26. The average Bonchev–Trinajstić information content (AvgIpc) is 2.48. The van der Waals surface area contributed by atoms with E-state index < -0.39 is 0 Å². The first-order valence-corrected chi connectivity index (χ1v) is 7.55. The molecule has 108 valence electrons. The highest BCUT2D eigenvalue weighted by Gasteiger charge is 2.26. The van der Waals surface area contributed by atoms with Gasteiger partial charge in [-0.25, -0.2) is 0 Å². The van der Waals surface area contributed by atoms with E-state index in [1.807, 2.05) is 23.1 Å². The molecule has 1 saturated heterocycles. The topological polar surface area (TPSA) is 55.6 Å². The number of carbonyl (C=O) groups is 1. The summed E-state index contributed by atoms with van der Waals surface area (Å²) in [5, 5.41) is 0. The van der Waals surface area contributed by atoms with Gasteiger partial charge in [0.15, 0.2) is 0 Å². The summed E-state index contributed by atoms with van der Waals surface area (Å²) in [5.41, 5.74) is 8.94. The Morgan fingerprint density at radius 1 is 1.35 bits per heavy atom. The van der Waals surface area contributed by atoms with Gasteiger partial charge in [-0.2, -0.15) is 0 Å². The fraction of sp³-hybridized carbons (Fsp3) is 0.562. The lowest BCUT2D eigenvalue weighted by molar-refractivity contribution is -0.122. The Balaban J connectivity index is 1.74. The number of ether oxygens (including phenoxy) is 1. The minimum Gasteiger partial charge on any atom is -0.398 e. The molecule has 2 aliphatic heterocycles. The first-order chi connectivity index (χ1) is 9.75. The van der Waals surface area contributed by atoms with Gasteiger partial charge in [0.2, 0.25) is 5.91 Å². The summed E-state index contributed by atoms with van der Waals surface area (Å²) >= 11 is 0. The van der Waals surface area contributed by atoms with E-state index >= 15 is 0 Å². The van der Waals surface area contributed by atoms with Gasteiger partial charge < -0.3 is 15.4 Å². The standard InChI is InChI=1S/C16H22N2O2/c17-14-7-3-8-15-13(14)6-4-9-18(15)16(19)11-12-5-1-2-10-20-12/h3,7-8,12H,1-2,4-6,9-11,17H2. The molecule has 4 nitrogen and oxygen atoms in total. The van der Waals surface area contributed by atoms with E-state index in [2.05, 4.69) is 0 Å². The molecule has 0 radical (unpaired) electrons. The summed E-state index contributed by atoms with van der Waals surface area (Å²) in [6.07, 6.45) is 5.83. The summed E-state index contributed by atoms with van der Waals surface area (Å²) in [7, 11) is 0. The number of rotatable bonds is 2. The zero-order valence-corrected chi connectivity index (χ0v) is 11.8. The molecule has 1 aromatic rings. The largest absolute Gasteiger partial charge is 0.398 e. The normalized spacial score (nSPS) is 22.4. The predicted octanol–water partition coefficient (Wildman–Crippen LogP) is 2.51. The molecular weight excluding hydrogens is 252 g/mol. The Hall–Kier alpha value is -1.55. The molecule has 1 amide bonds. The van der Waals surface area contributed by atoms with Crippen molar-refractivity contribution in [2.24, 2.45) is 0 Å². The van der Waals surface area contributed by atoms with Crippen LogP contribution >= 0.6 is 0 Å². The maximum absolute atomic E-state index is 12.5. The van der Waals surface area contributed by atoms with Crippen LogP contribution < -0.4 is 10.6 Å². The van der Waals surface area contributed by atoms with Gasteiger partial charge in [-0.1, -0.05) is 6.07 Å². The molecule has 1 fully saturated rings. The Morgan fingerprint density at radius 2 is 2.25 bits per heavy atom. The zero-order chi connectivity index (χ0) is 13.9. The second kappa shape index (κ2) is 5.83.